The number of benzene rings is 2. The van der Waals surface area contributed by atoms with E-state index in [1.165, 1.54) is 12.1 Å². The molecule has 0 spiro atoms. The van der Waals surface area contributed by atoms with Crippen molar-refractivity contribution in [3.63, 3.8) is 0 Å². The summed E-state index contributed by atoms with van der Waals surface area (Å²) in [6, 6.07) is 15.1. The Hall–Kier alpha value is -2.54. The van der Waals surface area contributed by atoms with Crippen molar-refractivity contribution in [3.8, 4) is 0 Å². The van der Waals surface area contributed by atoms with Gasteiger partial charge in [0.2, 0.25) is 5.91 Å². The lowest BCUT2D eigenvalue weighted by atomic mass is 10.1. The summed E-state index contributed by atoms with van der Waals surface area (Å²) < 4.78 is 38.6. The first-order valence-electron chi connectivity index (χ1n) is 9.37. The van der Waals surface area contributed by atoms with E-state index in [0.717, 1.165) is 31.3 Å². The number of carbonyl (C=O) groups excluding carboxylic acids is 1. The molecule has 0 saturated carbocycles. The minimum absolute atomic E-state index is 0.00574. The van der Waals surface area contributed by atoms with E-state index in [1.54, 1.807) is 6.07 Å². The number of amides is 1. The summed E-state index contributed by atoms with van der Waals surface area (Å²) in [5.74, 6) is -0.00574. The van der Waals surface area contributed by atoms with Crippen LogP contribution in [0.2, 0.25) is 0 Å². The lowest BCUT2D eigenvalue weighted by molar-refractivity contribution is -0.137. The molecular formula is C21H24F3N3O. The van der Waals surface area contributed by atoms with Crippen LogP contribution in [0, 0.1) is 0 Å². The molecule has 1 saturated heterocycles. The maximum Gasteiger partial charge on any atom is 0.416 e. The number of nitrogens with one attached hydrogen (secondary N) is 1. The fourth-order valence-electron chi connectivity index (χ4n) is 3.31. The molecule has 2 aromatic rings. The van der Waals surface area contributed by atoms with Crippen molar-refractivity contribution in [1.82, 2.24) is 10.2 Å². The molecule has 0 unspecified atom stereocenters. The van der Waals surface area contributed by atoms with Crippen LogP contribution in [0.15, 0.2) is 54.6 Å². The fraction of sp³-hybridized carbons (Fsp3) is 0.381. The van der Waals surface area contributed by atoms with Crippen LogP contribution in [0.1, 0.15) is 11.1 Å². The largest absolute Gasteiger partial charge is 0.416 e. The van der Waals surface area contributed by atoms with E-state index < -0.39 is 11.7 Å². The number of hydrogen-bond donors (Lipinski definition) is 1. The van der Waals surface area contributed by atoms with Gasteiger partial charge in [0, 0.05) is 45.0 Å². The van der Waals surface area contributed by atoms with Crippen molar-refractivity contribution in [2.45, 2.75) is 12.6 Å². The number of piperazine rings is 1. The van der Waals surface area contributed by atoms with Crippen LogP contribution >= 0.6 is 0 Å². The molecule has 0 aromatic heterocycles. The van der Waals surface area contributed by atoms with Gasteiger partial charge in [0.15, 0.2) is 0 Å². The summed E-state index contributed by atoms with van der Waals surface area (Å²) in [5.41, 5.74) is 0.967. The second kappa shape index (κ2) is 9.10. The zero-order valence-electron chi connectivity index (χ0n) is 15.6. The van der Waals surface area contributed by atoms with Crippen molar-refractivity contribution in [2.75, 3.05) is 44.2 Å². The van der Waals surface area contributed by atoms with Gasteiger partial charge in [0.25, 0.3) is 0 Å². The molecule has 4 nitrogen and oxygen atoms in total. The first kappa shape index (κ1) is 20.2. The monoisotopic (exact) mass is 391 g/mol. The van der Waals surface area contributed by atoms with E-state index in [9.17, 15) is 18.0 Å². The number of alkyl halides is 3. The molecule has 7 heteroatoms. The Kier molecular flexibility index (Phi) is 6.57. The molecule has 2 aromatic carbocycles. The lowest BCUT2D eigenvalue weighted by Crippen LogP contribution is -2.48. The number of nitrogens with zero attached hydrogens (tertiary/aromatic N) is 2. The van der Waals surface area contributed by atoms with E-state index >= 15 is 0 Å². The van der Waals surface area contributed by atoms with Crippen LogP contribution in [-0.4, -0.2) is 50.1 Å². The average Bonchev–Trinajstić information content (AvgIpc) is 2.69. The zero-order chi connectivity index (χ0) is 20.0. The SMILES string of the molecule is O=C(Cc1ccccc1)NCCN1CCN(c2cccc(C(F)(F)F)c2)CC1. The fourth-order valence-corrected chi connectivity index (χ4v) is 3.31. The van der Waals surface area contributed by atoms with Gasteiger partial charge in [0.1, 0.15) is 0 Å². The Morgan fingerprint density at radius 2 is 1.68 bits per heavy atom. The Balaban J connectivity index is 1.40. The highest BCUT2D eigenvalue weighted by molar-refractivity contribution is 5.78. The molecule has 28 heavy (non-hydrogen) atoms. The van der Waals surface area contributed by atoms with Gasteiger partial charge in [-0.1, -0.05) is 36.4 Å². The molecular weight excluding hydrogens is 367 g/mol. The van der Waals surface area contributed by atoms with Gasteiger partial charge in [-0.3, -0.25) is 9.69 Å². The Bertz CT molecular complexity index is 772. The Morgan fingerprint density at radius 3 is 2.36 bits per heavy atom. The second-order valence-corrected chi connectivity index (χ2v) is 6.89. The van der Waals surface area contributed by atoms with Crippen molar-refractivity contribution in [2.24, 2.45) is 0 Å². The number of rotatable bonds is 6. The van der Waals surface area contributed by atoms with Gasteiger partial charge in [0.05, 0.1) is 12.0 Å². The first-order chi connectivity index (χ1) is 13.4. The van der Waals surface area contributed by atoms with E-state index in [1.807, 2.05) is 35.2 Å². The molecule has 0 bridgehead atoms. The van der Waals surface area contributed by atoms with Crippen molar-refractivity contribution < 1.29 is 18.0 Å². The second-order valence-electron chi connectivity index (χ2n) is 6.89. The van der Waals surface area contributed by atoms with E-state index in [4.69, 9.17) is 0 Å². The summed E-state index contributed by atoms with van der Waals surface area (Å²) >= 11 is 0. The number of carbonyl (C=O) groups is 1. The van der Waals surface area contributed by atoms with Gasteiger partial charge >= 0.3 is 6.18 Å². The summed E-state index contributed by atoms with van der Waals surface area (Å²) in [4.78, 5) is 16.2. The Morgan fingerprint density at radius 1 is 0.964 bits per heavy atom. The van der Waals surface area contributed by atoms with Gasteiger partial charge in [-0.15, -0.1) is 0 Å². The normalized spacial score (nSPS) is 15.5. The maximum atomic E-state index is 12.9. The van der Waals surface area contributed by atoms with Crippen LogP contribution in [-0.2, 0) is 17.4 Å². The third kappa shape index (κ3) is 5.73. The molecule has 1 aliphatic heterocycles. The first-order valence-corrected chi connectivity index (χ1v) is 9.37. The quantitative estimate of drug-likeness (QED) is 0.822. The molecule has 0 aliphatic carbocycles. The lowest BCUT2D eigenvalue weighted by Gasteiger charge is -2.36. The minimum atomic E-state index is -4.32. The van der Waals surface area contributed by atoms with Crippen molar-refractivity contribution in [3.05, 3.63) is 65.7 Å². The molecule has 1 amide bonds. The predicted molar refractivity (Wildman–Crippen MR) is 103 cm³/mol. The van der Waals surface area contributed by atoms with Crippen LogP contribution in [0.3, 0.4) is 0 Å². The van der Waals surface area contributed by atoms with Crippen LogP contribution < -0.4 is 10.2 Å². The highest BCUT2D eigenvalue weighted by Crippen LogP contribution is 2.31. The van der Waals surface area contributed by atoms with E-state index in [0.29, 0.717) is 31.7 Å². The van der Waals surface area contributed by atoms with Crippen LogP contribution in [0.25, 0.3) is 0 Å². The number of halogens is 3. The highest BCUT2D eigenvalue weighted by atomic mass is 19.4. The molecule has 1 N–H and O–H groups in total. The molecule has 1 aliphatic rings. The van der Waals surface area contributed by atoms with Crippen LogP contribution in [0.5, 0.6) is 0 Å². The van der Waals surface area contributed by atoms with Crippen molar-refractivity contribution in [1.29, 1.82) is 0 Å². The zero-order valence-corrected chi connectivity index (χ0v) is 15.6. The molecule has 0 atom stereocenters. The maximum absolute atomic E-state index is 12.9. The highest BCUT2D eigenvalue weighted by Gasteiger charge is 2.31. The predicted octanol–water partition coefficient (Wildman–Crippen LogP) is 3.19. The van der Waals surface area contributed by atoms with Crippen molar-refractivity contribution >= 4 is 11.6 Å². The third-order valence-electron chi connectivity index (χ3n) is 4.87. The summed E-state index contributed by atoms with van der Waals surface area (Å²) in [6.45, 7) is 4.14. The molecule has 1 fully saturated rings. The summed E-state index contributed by atoms with van der Waals surface area (Å²) in [6.07, 6.45) is -3.96. The van der Waals surface area contributed by atoms with E-state index in [-0.39, 0.29) is 5.91 Å². The van der Waals surface area contributed by atoms with Gasteiger partial charge in [-0.2, -0.15) is 13.2 Å². The topological polar surface area (TPSA) is 35.6 Å². The number of anilines is 1. The van der Waals surface area contributed by atoms with Crippen LogP contribution in [0.4, 0.5) is 18.9 Å². The van der Waals surface area contributed by atoms with Gasteiger partial charge in [-0.25, -0.2) is 0 Å². The Labute approximate surface area is 162 Å². The molecule has 1 heterocycles. The average molecular weight is 391 g/mol. The van der Waals surface area contributed by atoms with E-state index in [2.05, 4.69) is 10.2 Å². The standard InChI is InChI=1S/C21H24F3N3O/c22-21(23,24)18-7-4-8-19(16-18)27-13-11-26(12-14-27)10-9-25-20(28)15-17-5-2-1-3-6-17/h1-8,16H,9-15H2,(H,25,28). The minimum Gasteiger partial charge on any atom is -0.369 e. The molecule has 3 rings (SSSR count). The van der Waals surface area contributed by atoms with Gasteiger partial charge < -0.3 is 10.2 Å². The smallest absolute Gasteiger partial charge is 0.369 e. The molecule has 0 radical (unpaired) electrons. The number of hydrogen-bond acceptors (Lipinski definition) is 3. The molecule has 150 valence electrons. The van der Waals surface area contributed by atoms with Gasteiger partial charge in [-0.05, 0) is 23.8 Å². The summed E-state index contributed by atoms with van der Waals surface area (Å²) in [5, 5.41) is 2.93. The summed E-state index contributed by atoms with van der Waals surface area (Å²) in [7, 11) is 0. The third-order valence-corrected chi connectivity index (χ3v) is 4.87.